The molecule has 0 spiro atoms. The fourth-order valence-electron chi connectivity index (χ4n) is 0.893. The number of pyridine rings is 1. The SMILES string of the molecule is Nc1c(C(F)F)cnc(Cl)c1C(=O)O. The van der Waals surface area contributed by atoms with Crippen LogP contribution in [0.15, 0.2) is 6.20 Å². The fraction of sp³-hybridized carbons (Fsp3) is 0.143. The zero-order valence-corrected chi connectivity index (χ0v) is 7.42. The van der Waals surface area contributed by atoms with Crippen molar-refractivity contribution in [3.8, 4) is 0 Å². The molecule has 0 saturated carbocycles. The molecule has 1 aromatic heterocycles. The number of nitrogens with zero attached hydrogens (tertiary/aromatic N) is 1. The van der Waals surface area contributed by atoms with Crippen LogP contribution in [0.5, 0.6) is 0 Å². The Kier molecular flexibility index (Phi) is 2.85. The number of alkyl halides is 2. The number of carboxylic acids is 1. The number of anilines is 1. The van der Waals surface area contributed by atoms with Crippen LogP contribution in [-0.4, -0.2) is 16.1 Å². The van der Waals surface area contributed by atoms with Gasteiger partial charge in [-0.05, 0) is 0 Å². The largest absolute Gasteiger partial charge is 0.478 e. The van der Waals surface area contributed by atoms with E-state index in [4.69, 9.17) is 22.4 Å². The van der Waals surface area contributed by atoms with Gasteiger partial charge in [0.05, 0.1) is 11.3 Å². The molecule has 14 heavy (non-hydrogen) atoms. The van der Waals surface area contributed by atoms with Crippen molar-refractivity contribution in [3.63, 3.8) is 0 Å². The third-order valence-corrected chi connectivity index (χ3v) is 1.84. The van der Waals surface area contributed by atoms with E-state index in [0.717, 1.165) is 6.20 Å². The molecule has 1 heterocycles. The first kappa shape index (κ1) is 10.6. The maximum Gasteiger partial charge on any atom is 0.340 e. The maximum absolute atomic E-state index is 12.2. The van der Waals surface area contributed by atoms with Gasteiger partial charge in [0.2, 0.25) is 0 Å². The summed E-state index contributed by atoms with van der Waals surface area (Å²) in [6, 6.07) is 0. The molecule has 1 rings (SSSR count). The molecule has 0 aromatic carbocycles. The quantitative estimate of drug-likeness (QED) is 0.750. The van der Waals surface area contributed by atoms with Crippen molar-refractivity contribution in [2.45, 2.75) is 6.43 Å². The molecule has 0 radical (unpaired) electrons. The number of hydrogen-bond acceptors (Lipinski definition) is 3. The van der Waals surface area contributed by atoms with Crippen molar-refractivity contribution in [3.05, 3.63) is 22.5 Å². The number of nitrogens with two attached hydrogens (primary N) is 1. The van der Waals surface area contributed by atoms with Gasteiger partial charge < -0.3 is 10.8 Å². The standard InChI is InChI=1S/C7H5ClF2N2O2/c8-5-3(7(13)14)4(11)2(1-12-5)6(9)10/h1,6H,(H2,11,12)(H,13,14). The third kappa shape index (κ3) is 1.74. The molecule has 1 aromatic rings. The number of hydrogen-bond donors (Lipinski definition) is 2. The number of carboxylic acid groups (broad SMARTS) is 1. The minimum absolute atomic E-state index is 0.403. The van der Waals surface area contributed by atoms with Crippen molar-refractivity contribution in [1.82, 2.24) is 4.98 Å². The summed E-state index contributed by atoms with van der Waals surface area (Å²) in [6.45, 7) is 0. The van der Waals surface area contributed by atoms with Crippen LogP contribution < -0.4 is 5.73 Å². The maximum atomic E-state index is 12.2. The van der Waals surface area contributed by atoms with Gasteiger partial charge in [-0.15, -0.1) is 0 Å². The zero-order chi connectivity index (χ0) is 10.9. The highest BCUT2D eigenvalue weighted by molar-refractivity contribution is 6.33. The Hall–Kier alpha value is -1.43. The first-order valence-electron chi connectivity index (χ1n) is 3.40. The summed E-state index contributed by atoms with van der Waals surface area (Å²) in [5.74, 6) is -1.48. The van der Waals surface area contributed by atoms with Crippen molar-refractivity contribution in [2.24, 2.45) is 0 Å². The smallest absolute Gasteiger partial charge is 0.340 e. The molecule has 0 bridgehead atoms. The summed E-state index contributed by atoms with van der Waals surface area (Å²) in [6.07, 6.45) is -2.12. The first-order valence-corrected chi connectivity index (χ1v) is 3.78. The molecule has 0 aliphatic carbocycles. The van der Waals surface area contributed by atoms with E-state index in [1.165, 1.54) is 0 Å². The highest BCUT2D eigenvalue weighted by atomic mass is 35.5. The second kappa shape index (κ2) is 3.75. The van der Waals surface area contributed by atoms with Crippen LogP contribution in [0.1, 0.15) is 22.3 Å². The molecule has 76 valence electrons. The summed E-state index contributed by atoms with van der Waals surface area (Å²) in [5, 5.41) is 8.20. The Morgan fingerprint density at radius 1 is 1.64 bits per heavy atom. The summed E-state index contributed by atoms with van der Waals surface area (Å²) in [5.41, 5.74) is 3.43. The second-order valence-electron chi connectivity index (χ2n) is 2.40. The zero-order valence-electron chi connectivity index (χ0n) is 6.67. The van der Waals surface area contributed by atoms with Crippen molar-refractivity contribution in [1.29, 1.82) is 0 Å². The molecule has 0 atom stereocenters. The van der Waals surface area contributed by atoms with Gasteiger partial charge in [-0.1, -0.05) is 11.6 Å². The van der Waals surface area contributed by atoms with Gasteiger partial charge in [0.15, 0.2) is 0 Å². The van der Waals surface area contributed by atoms with Crippen LogP contribution in [0.4, 0.5) is 14.5 Å². The molecule has 7 heteroatoms. The van der Waals surface area contributed by atoms with Crippen LogP contribution in [0.2, 0.25) is 5.15 Å². The number of aromatic carboxylic acids is 1. The Balaban J connectivity index is 3.41. The molecular weight excluding hydrogens is 218 g/mol. The highest BCUT2D eigenvalue weighted by Crippen LogP contribution is 2.30. The monoisotopic (exact) mass is 222 g/mol. The van der Waals surface area contributed by atoms with Gasteiger partial charge in [0.1, 0.15) is 10.7 Å². The van der Waals surface area contributed by atoms with Gasteiger partial charge >= 0.3 is 5.97 Å². The molecule has 0 amide bonds. The normalized spacial score (nSPS) is 10.6. The minimum Gasteiger partial charge on any atom is -0.478 e. The van der Waals surface area contributed by atoms with Gasteiger partial charge in [0, 0.05) is 6.20 Å². The van der Waals surface area contributed by atoms with Gasteiger partial charge in [-0.25, -0.2) is 18.6 Å². The lowest BCUT2D eigenvalue weighted by atomic mass is 10.1. The average molecular weight is 223 g/mol. The second-order valence-corrected chi connectivity index (χ2v) is 2.76. The molecule has 0 saturated heterocycles. The van der Waals surface area contributed by atoms with E-state index in [9.17, 15) is 13.6 Å². The Bertz CT molecular complexity index is 384. The fourth-order valence-corrected chi connectivity index (χ4v) is 1.12. The minimum atomic E-state index is -2.88. The lowest BCUT2D eigenvalue weighted by Gasteiger charge is -2.07. The van der Waals surface area contributed by atoms with Crippen LogP contribution in [0.25, 0.3) is 0 Å². The average Bonchev–Trinajstić information content (AvgIpc) is 2.02. The van der Waals surface area contributed by atoms with Gasteiger partial charge in [-0.2, -0.15) is 0 Å². The van der Waals surface area contributed by atoms with Gasteiger partial charge in [-0.3, -0.25) is 0 Å². The summed E-state index contributed by atoms with van der Waals surface area (Å²) in [4.78, 5) is 13.9. The number of rotatable bonds is 2. The molecule has 0 unspecified atom stereocenters. The van der Waals surface area contributed by atoms with E-state index in [1.54, 1.807) is 0 Å². The Labute approximate surface area is 82.3 Å². The van der Waals surface area contributed by atoms with Crippen LogP contribution in [0.3, 0.4) is 0 Å². The van der Waals surface area contributed by atoms with E-state index >= 15 is 0 Å². The van der Waals surface area contributed by atoms with E-state index in [1.807, 2.05) is 0 Å². The predicted octanol–water partition coefficient (Wildman–Crippen LogP) is 1.95. The number of aromatic nitrogens is 1. The third-order valence-electron chi connectivity index (χ3n) is 1.55. The molecule has 3 N–H and O–H groups in total. The summed E-state index contributed by atoms with van der Waals surface area (Å²) < 4.78 is 24.5. The Morgan fingerprint density at radius 3 is 2.64 bits per heavy atom. The van der Waals surface area contributed by atoms with E-state index in [2.05, 4.69) is 4.98 Å². The molecule has 0 fully saturated rings. The Morgan fingerprint density at radius 2 is 2.21 bits per heavy atom. The van der Waals surface area contributed by atoms with Crippen LogP contribution >= 0.6 is 11.6 Å². The summed E-state index contributed by atoms with van der Waals surface area (Å²) >= 11 is 5.38. The lowest BCUT2D eigenvalue weighted by Crippen LogP contribution is -2.08. The highest BCUT2D eigenvalue weighted by Gasteiger charge is 2.21. The number of nitrogen functional groups attached to an aromatic ring is 1. The van der Waals surface area contributed by atoms with E-state index < -0.39 is 34.4 Å². The van der Waals surface area contributed by atoms with Crippen LogP contribution in [0, 0.1) is 0 Å². The van der Waals surface area contributed by atoms with E-state index in [-0.39, 0.29) is 0 Å². The molecular formula is C7H5ClF2N2O2. The number of carbonyl (C=O) groups is 1. The molecule has 4 nitrogen and oxygen atoms in total. The van der Waals surface area contributed by atoms with E-state index in [0.29, 0.717) is 0 Å². The lowest BCUT2D eigenvalue weighted by molar-refractivity contribution is 0.0697. The molecule has 0 aliphatic heterocycles. The molecule has 0 aliphatic rings. The summed E-state index contributed by atoms with van der Waals surface area (Å²) in [7, 11) is 0. The van der Waals surface area contributed by atoms with Crippen LogP contribution in [-0.2, 0) is 0 Å². The number of halogens is 3. The predicted molar refractivity (Wildman–Crippen MR) is 45.6 cm³/mol. The van der Waals surface area contributed by atoms with Crippen molar-refractivity contribution >= 4 is 23.3 Å². The van der Waals surface area contributed by atoms with Crippen molar-refractivity contribution < 1.29 is 18.7 Å². The van der Waals surface area contributed by atoms with Crippen molar-refractivity contribution in [2.75, 3.05) is 5.73 Å². The van der Waals surface area contributed by atoms with Gasteiger partial charge in [0.25, 0.3) is 6.43 Å². The first-order chi connectivity index (χ1) is 6.45. The topological polar surface area (TPSA) is 76.2 Å².